The molecule has 0 bridgehead atoms. The maximum Gasteiger partial charge on any atom is 0.357 e. The first-order valence-corrected chi connectivity index (χ1v) is 6.25. The van der Waals surface area contributed by atoms with Crippen molar-refractivity contribution in [2.45, 2.75) is 6.61 Å². The monoisotopic (exact) mass is 264 g/mol. The van der Waals surface area contributed by atoms with E-state index >= 15 is 0 Å². The van der Waals surface area contributed by atoms with Crippen molar-refractivity contribution in [2.75, 3.05) is 0 Å². The molecule has 4 nitrogen and oxygen atoms in total. The van der Waals surface area contributed by atoms with Crippen molar-refractivity contribution in [3.8, 4) is 0 Å². The number of pyridine rings is 2. The number of fused-ring (bicyclic) bond motifs is 1. The van der Waals surface area contributed by atoms with Crippen LogP contribution in [0.3, 0.4) is 0 Å². The zero-order valence-corrected chi connectivity index (χ0v) is 10.7. The molecule has 4 heteroatoms. The maximum absolute atomic E-state index is 11.8. The highest BCUT2D eigenvalue weighted by Gasteiger charge is 2.09. The highest BCUT2D eigenvalue weighted by Crippen LogP contribution is 2.17. The number of benzene rings is 1. The minimum Gasteiger partial charge on any atom is -0.456 e. The third-order valence-electron chi connectivity index (χ3n) is 2.95. The summed E-state index contributed by atoms with van der Waals surface area (Å²) in [7, 11) is 0. The summed E-state index contributed by atoms with van der Waals surface area (Å²) in [6.45, 7) is 0.184. The fraction of sp³-hybridized carbons (Fsp3) is 0.0625. The van der Waals surface area contributed by atoms with E-state index in [2.05, 4.69) is 9.97 Å². The lowest BCUT2D eigenvalue weighted by Crippen LogP contribution is -2.07. The SMILES string of the molecule is O=C(OCc1cccc2cccnc12)c1ccccn1. The third-order valence-corrected chi connectivity index (χ3v) is 2.95. The molecule has 0 aliphatic rings. The van der Waals surface area contributed by atoms with E-state index in [1.807, 2.05) is 30.3 Å². The smallest absolute Gasteiger partial charge is 0.357 e. The van der Waals surface area contributed by atoms with Gasteiger partial charge in [0.25, 0.3) is 0 Å². The van der Waals surface area contributed by atoms with Crippen LogP contribution in [0.15, 0.2) is 60.9 Å². The summed E-state index contributed by atoms with van der Waals surface area (Å²) in [6.07, 6.45) is 3.29. The summed E-state index contributed by atoms with van der Waals surface area (Å²) in [5.41, 5.74) is 2.04. The molecule has 0 amide bonds. The zero-order valence-electron chi connectivity index (χ0n) is 10.7. The first kappa shape index (κ1) is 12.3. The molecule has 0 saturated carbocycles. The van der Waals surface area contributed by atoms with Gasteiger partial charge in [0.05, 0.1) is 5.52 Å². The molecule has 0 unspecified atom stereocenters. The van der Waals surface area contributed by atoms with Crippen molar-refractivity contribution in [1.29, 1.82) is 0 Å². The van der Waals surface area contributed by atoms with Crippen LogP contribution in [0.1, 0.15) is 16.1 Å². The predicted octanol–water partition coefficient (Wildman–Crippen LogP) is 2.99. The van der Waals surface area contributed by atoms with Crippen molar-refractivity contribution < 1.29 is 9.53 Å². The Hall–Kier alpha value is -2.75. The van der Waals surface area contributed by atoms with E-state index < -0.39 is 5.97 Å². The maximum atomic E-state index is 11.8. The lowest BCUT2D eigenvalue weighted by molar-refractivity contribution is 0.0467. The summed E-state index contributed by atoms with van der Waals surface area (Å²) >= 11 is 0. The molecule has 2 aromatic heterocycles. The second-order valence-corrected chi connectivity index (χ2v) is 4.28. The number of hydrogen-bond acceptors (Lipinski definition) is 4. The largest absolute Gasteiger partial charge is 0.456 e. The molecule has 0 atom stereocenters. The lowest BCUT2D eigenvalue weighted by Gasteiger charge is -2.06. The van der Waals surface area contributed by atoms with E-state index in [4.69, 9.17) is 4.74 Å². The number of carbonyl (C=O) groups excluding carboxylic acids is 1. The van der Waals surface area contributed by atoms with Crippen molar-refractivity contribution >= 4 is 16.9 Å². The summed E-state index contributed by atoms with van der Waals surface area (Å²) in [5, 5.41) is 1.03. The van der Waals surface area contributed by atoms with Crippen LogP contribution in [0.2, 0.25) is 0 Å². The van der Waals surface area contributed by atoms with Gasteiger partial charge in [-0.3, -0.25) is 4.98 Å². The number of nitrogens with zero attached hydrogens (tertiary/aromatic N) is 2. The minimum atomic E-state index is -0.432. The van der Waals surface area contributed by atoms with Crippen LogP contribution in [-0.4, -0.2) is 15.9 Å². The summed E-state index contributed by atoms with van der Waals surface area (Å²) in [6, 6.07) is 14.8. The summed E-state index contributed by atoms with van der Waals surface area (Å²) in [5.74, 6) is -0.432. The Morgan fingerprint density at radius 2 is 1.80 bits per heavy atom. The Labute approximate surface area is 116 Å². The third kappa shape index (κ3) is 2.49. The Bertz CT molecular complexity index is 736. The summed E-state index contributed by atoms with van der Waals surface area (Å²) in [4.78, 5) is 20.1. The molecule has 3 aromatic rings. The van der Waals surface area contributed by atoms with E-state index in [1.54, 1.807) is 30.6 Å². The predicted molar refractivity (Wildman–Crippen MR) is 75.1 cm³/mol. The van der Waals surface area contributed by atoms with Gasteiger partial charge in [-0.1, -0.05) is 30.3 Å². The topological polar surface area (TPSA) is 52.1 Å². The van der Waals surface area contributed by atoms with Gasteiger partial charge in [-0.15, -0.1) is 0 Å². The van der Waals surface area contributed by atoms with E-state index in [0.717, 1.165) is 16.5 Å². The highest BCUT2D eigenvalue weighted by molar-refractivity contribution is 5.87. The molecular weight excluding hydrogens is 252 g/mol. The van der Waals surface area contributed by atoms with Crippen LogP contribution in [-0.2, 0) is 11.3 Å². The number of para-hydroxylation sites is 1. The molecule has 0 fully saturated rings. The van der Waals surface area contributed by atoms with Gasteiger partial charge in [0.2, 0.25) is 0 Å². The second kappa shape index (κ2) is 5.48. The lowest BCUT2D eigenvalue weighted by atomic mass is 10.1. The normalized spacial score (nSPS) is 10.4. The molecular formula is C16H12N2O2. The first-order valence-electron chi connectivity index (χ1n) is 6.25. The van der Waals surface area contributed by atoms with E-state index in [1.165, 1.54) is 0 Å². The molecule has 0 aliphatic carbocycles. The van der Waals surface area contributed by atoms with Crippen LogP contribution in [0.5, 0.6) is 0 Å². The number of ether oxygens (including phenoxy) is 1. The Kier molecular flexibility index (Phi) is 3.37. The van der Waals surface area contributed by atoms with Gasteiger partial charge in [0.1, 0.15) is 12.3 Å². The Morgan fingerprint density at radius 3 is 2.65 bits per heavy atom. The van der Waals surface area contributed by atoms with E-state index in [-0.39, 0.29) is 6.61 Å². The molecule has 0 N–H and O–H groups in total. The van der Waals surface area contributed by atoms with Crippen LogP contribution >= 0.6 is 0 Å². The number of hydrogen-bond donors (Lipinski definition) is 0. The van der Waals surface area contributed by atoms with Gasteiger partial charge in [-0.05, 0) is 18.2 Å². The van der Waals surface area contributed by atoms with Gasteiger partial charge in [-0.2, -0.15) is 0 Å². The standard InChI is InChI=1S/C16H12N2O2/c19-16(14-8-1-2-9-17-14)20-11-13-6-3-5-12-7-4-10-18-15(12)13/h1-10H,11H2. The number of aromatic nitrogens is 2. The molecule has 0 aliphatic heterocycles. The quantitative estimate of drug-likeness (QED) is 0.682. The molecule has 0 spiro atoms. The van der Waals surface area contributed by atoms with Crippen molar-refractivity contribution in [3.63, 3.8) is 0 Å². The number of carbonyl (C=O) groups is 1. The van der Waals surface area contributed by atoms with E-state index in [0.29, 0.717) is 5.69 Å². The molecule has 2 heterocycles. The van der Waals surface area contributed by atoms with Crippen molar-refractivity contribution in [3.05, 3.63) is 72.2 Å². The van der Waals surface area contributed by atoms with Gasteiger partial charge < -0.3 is 4.74 Å². The highest BCUT2D eigenvalue weighted by atomic mass is 16.5. The molecule has 98 valence electrons. The van der Waals surface area contributed by atoms with E-state index in [9.17, 15) is 4.79 Å². The Balaban J connectivity index is 1.79. The van der Waals surface area contributed by atoms with Crippen LogP contribution in [0, 0.1) is 0 Å². The number of esters is 1. The average molecular weight is 264 g/mol. The fourth-order valence-corrected chi connectivity index (χ4v) is 1.98. The van der Waals surface area contributed by atoms with Gasteiger partial charge in [0, 0.05) is 23.3 Å². The van der Waals surface area contributed by atoms with Crippen LogP contribution < -0.4 is 0 Å². The number of rotatable bonds is 3. The minimum absolute atomic E-state index is 0.184. The first-order chi connectivity index (χ1) is 9.84. The average Bonchev–Trinajstić information content (AvgIpc) is 2.53. The van der Waals surface area contributed by atoms with Gasteiger partial charge in [0.15, 0.2) is 0 Å². The molecule has 0 saturated heterocycles. The molecule has 0 radical (unpaired) electrons. The van der Waals surface area contributed by atoms with Crippen LogP contribution in [0.4, 0.5) is 0 Å². The fourth-order valence-electron chi connectivity index (χ4n) is 1.98. The zero-order chi connectivity index (χ0) is 13.8. The molecule has 3 rings (SSSR count). The second-order valence-electron chi connectivity index (χ2n) is 4.28. The summed E-state index contributed by atoms with van der Waals surface area (Å²) < 4.78 is 5.28. The Morgan fingerprint density at radius 1 is 0.950 bits per heavy atom. The molecule has 20 heavy (non-hydrogen) atoms. The van der Waals surface area contributed by atoms with Crippen LogP contribution in [0.25, 0.3) is 10.9 Å². The van der Waals surface area contributed by atoms with Gasteiger partial charge >= 0.3 is 5.97 Å². The van der Waals surface area contributed by atoms with Gasteiger partial charge in [-0.25, -0.2) is 9.78 Å². The molecule has 1 aromatic carbocycles. The van der Waals surface area contributed by atoms with Crippen molar-refractivity contribution in [1.82, 2.24) is 9.97 Å². The van der Waals surface area contributed by atoms with Crippen molar-refractivity contribution in [2.24, 2.45) is 0 Å².